The summed E-state index contributed by atoms with van der Waals surface area (Å²) in [5.74, 6) is 0. The van der Waals surface area contributed by atoms with Crippen molar-refractivity contribution in [3.05, 3.63) is 23.3 Å². The van der Waals surface area contributed by atoms with E-state index < -0.39 is 12.2 Å². The van der Waals surface area contributed by atoms with Gasteiger partial charge in [0.25, 0.3) is 0 Å². The number of halogens is 1. The molecule has 9 heavy (non-hydrogen) atoms. The molecule has 0 aromatic carbocycles. The standard InChI is InChI=1S/C6H7ClO2/c7-4-2-1-3-5(8)6(4)9/h1-3,5-6,8-9H/t5-,6?/m0/s1. The molecule has 1 aliphatic rings. The van der Waals surface area contributed by atoms with E-state index in [-0.39, 0.29) is 5.03 Å². The fourth-order valence-electron chi connectivity index (χ4n) is 0.628. The minimum absolute atomic E-state index is 0.282. The van der Waals surface area contributed by atoms with Crippen molar-refractivity contribution in [2.24, 2.45) is 0 Å². The van der Waals surface area contributed by atoms with Crippen LogP contribution in [0.4, 0.5) is 0 Å². The van der Waals surface area contributed by atoms with E-state index in [0.717, 1.165) is 0 Å². The molecule has 0 radical (unpaired) electrons. The van der Waals surface area contributed by atoms with Gasteiger partial charge in [0.15, 0.2) is 0 Å². The highest BCUT2D eigenvalue weighted by Gasteiger charge is 2.18. The van der Waals surface area contributed by atoms with Gasteiger partial charge < -0.3 is 10.2 Å². The summed E-state index contributed by atoms with van der Waals surface area (Å²) in [5.41, 5.74) is 0. The molecule has 2 N–H and O–H groups in total. The van der Waals surface area contributed by atoms with E-state index in [1.165, 1.54) is 6.08 Å². The predicted molar refractivity (Wildman–Crippen MR) is 35.1 cm³/mol. The van der Waals surface area contributed by atoms with E-state index in [4.69, 9.17) is 21.8 Å². The van der Waals surface area contributed by atoms with Gasteiger partial charge >= 0.3 is 0 Å². The molecule has 2 atom stereocenters. The van der Waals surface area contributed by atoms with Gasteiger partial charge in [0.1, 0.15) is 12.2 Å². The Morgan fingerprint density at radius 1 is 1.44 bits per heavy atom. The second kappa shape index (κ2) is 2.52. The van der Waals surface area contributed by atoms with Crippen LogP contribution >= 0.6 is 11.6 Å². The first kappa shape index (κ1) is 6.81. The Kier molecular flexibility index (Phi) is 1.90. The molecular formula is C6H7ClO2. The molecule has 0 fully saturated rings. The van der Waals surface area contributed by atoms with Crippen LogP contribution in [0.25, 0.3) is 0 Å². The summed E-state index contributed by atoms with van der Waals surface area (Å²) in [6.07, 6.45) is 2.87. The van der Waals surface area contributed by atoms with Crippen LogP contribution in [0.2, 0.25) is 0 Å². The minimum Gasteiger partial charge on any atom is -0.386 e. The monoisotopic (exact) mass is 146 g/mol. The zero-order valence-electron chi connectivity index (χ0n) is 4.66. The Hall–Kier alpha value is -0.310. The molecule has 1 unspecified atom stereocenters. The Morgan fingerprint density at radius 2 is 2.11 bits per heavy atom. The second-order valence-corrected chi connectivity index (χ2v) is 2.31. The Bertz CT molecular complexity index is 162. The van der Waals surface area contributed by atoms with Gasteiger partial charge in [-0.25, -0.2) is 0 Å². The van der Waals surface area contributed by atoms with E-state index in [2.05, 4.69) is 0 Å². The number of aliphatic hydroxyl groups is 2. The third-order valence-corrected chi connectivity index (χ3v) is 1.52. The van der Waals surface area contributed by atoms with Crippen molar-refractivity contribution < 1.29 is 10.2 Å². The topological polar surface area (TPSA) is 40.5 Å². The lowest BCUT2D eigenvalue weighted by molar-refractivity contribution is 0.0764. The molecule has 0 heterocycles. The van der Waals surface area contributed by atoms with E-state index >= 15 is 0 Å². The molecule has 2 nitrogen and oxygen atoms in total. The molecule has 0 aromatic rings. The average Bonchev–Trinajstić information content (AvgIpc) is 1.83. The Morgan fingerprint density at radius 3 is 2.56 bits per heavy atom. The quantitative estimate of drug-likeness (QED) is 0.520. The van der Waals surface area contributed by atoms with E-state index in [1.54, 1.807) is 12.2 Å². The van der Waals surface area contributed by atoms with Crippen LogP contribution < -0.4 is 0 Å². The summed E-state index contributed by atoms with van der Waals surface area (Å²) in [6.45, 7) is 0. The van der Waals surface area contributed by atoms with Crippen molar-refractivity contribution >= 4 is 11.6 Å². The third-order valence-electron chi connectivity index (χ3n) is 1.17. The van der Waals surface area contributed by atoms with Gasteiger partial charge in [-0.05, 0) is 6.08 Å². The van der Waals surface area contributed by atoms with Crippen molar-refractivity contribution in [1.82, 2.24) is 0 Å². The largest absolute Gasteiger partial charge is 0.386 e. The molecule has 3 heteroatoms. The van der Waals surface area contributed by atoms with Crippen molar-refractivity contribution in [2.75, 3.05) is 0 Å². The number of allylic oxidation sites excluding steroid dienone is 2. The molecule has 0 saturated carbocycles. The Labute approximate surface area is 58.1 Å². The average molecular weight is 147 g/mol. The lowest BCUT2D eigenvalue weighted by Crippen LogP contribution is -2.25. The second-order valence-electron chi connectivity index (χ2n) is 1.87. The number of hydrogen-bond donors (Lipinski definition) is 2. The third kappa shape index (κ3) is 1.33. The molecule has 0 aromatic heterocycles. The van der Waals surface area contributed by atoms with Gasteiger partial charge in [-0.15, -0.1) is 0 Å². The highest BCUT2D eigenvalue weighted by Crippen LogP contribution is 2.16. The zero-order valence-corrected chi connectivity index (χ0v) is 5.42. The maximum Gasteiger partial charge on any atom is 0.119 e. The van der Waals surface area contributed by atoms with Crippen LogP contribution in [0.1, 0.15) is 0 Å². The molecular weight excluding hydrogens is 140 g/mol. The van der Waals surface area contributed by atoms with Gasteiger partial charge in [-0.2, -0.15) is 0 Å². The van der Waals surface area contributed by atoms with E-state index in [0.29, 0.717) is 0 Å². The summed E-state index contributed by atoms with van der Waals surface area (Å²) in [4.78, 5) is 0. The SMILES string of the molecule is OC1C(Cl)=CC=C[C@@H]1O. The van der Waals surface area contributed by atoms with E-state index in [9.17, 15) is 0 Å². The van der Waals surface area contributed by atoms with Gasteiger partial charge in [0.2, 0.25) is 0 Å². The highest BCUT2D eigenvalue weighted by atomic mass is 35.5. The summed E-state index contributed by atoms with van der Waals surface area (Å²) in [5, 5.41) is 18.1. The van der Waals surface area contributed by atoms with Crippen molar-refractivity contribution in [3.8, 4) is 0 Å². The maximum atomic E-state index is 8.94. The minimum atomic E-state index is -0.934. The van der Waals surface area contributed by atoms with Crippen LogP contribution in [0.5, 0.6) is 0 Å². The molecule has 0 saturated heterocycles. The first-order valence-corrected chi connectivity index (χ1v) is 2.99. The van der Waals surface area contributed by atoms with Crippen LogP contribution in [0, 0.1) is 0 Å². The smallest absolute Gasteiger partial charge is 0.119 e. The summed E-state index contributed by atoms with van der Waals surface area (Å²) in [7, 11) is 0. The molecule has 1 rings (SSSR count). The van der Waals surface area contributed by atoms with Crippen LogP contribution in [0.15, 0.2) is 23.3 Å². The van der Waals surface area contributed by atoms with Gasteiger partial charge in [0.05, 0.1) is 0 Å². The normalized spacial score (nSPS) is 34.3. The van der Waals surface area contributed by atoms with Gasteiger partial charge in [-0.3, -0.25) is 0 Å². The molecule has 1 aliphatic carbocycles. The molecule has 50 valence electrons. The summed E-state index contributed by atoms with van der Waals surface area (Å²) >= 11 is 5.46. The lowest BCUT2D eigenvalue weighted by atomic mass is 10.1. The van der Waals surface area contributed by atoms with E-state index in [1.807, 2.05) is 0 Å². The van der Waals surface area contributed by atoms with Crippen LogP contribution in [-0.4, -0.2) is 22.4 Å². The number of hydrogen-bond acceptors (Lipinski definition) is 2. The molecule has 0 bridgehead atoms. The first-order chi connectivity index (χ1) is 4.22. The highest BCUT2D eigenvalue weighted by molar-refractivity contribution is 6.30. The summed E-state index contributed by atoms with van der Waals surface area (Å²) < 4.78 is 0. The molecule has 0 spiro atoms. The summed E-state index contributed by atoms with van der Waals surface area (Å²) in [6, 6.07) is 0. The van der Waals surface area contributed by atoms with Crippen molar-refractivity contribution in [2.45, 2.75) is 12.2 Å². The van der Waals surface area contributed by atoms with Crippen molar-refractivity contribution in [1.29, 1.82) is 0 Å². The van der Waals surface area contributed by atoms with Crippen molar-refractivity contribution in [3.63, 3.8) is 0 Å². The molecule has 0 aliphatic heterocycles. The fraction of sp³-hybridized carbons (Fsp3) is 0.333. The molecule has 0 amide bonds. The zero-order chi connectivity index (χ0) is 6.85. The lowest BCUT2D eigenvalue weighted by Gasteiger charge is -2.15. The van der Waals surface area contributed by atoms with Gasteiger partial charge in [0, 0.05) is 5.03 Å². The fourth-order valence-corrected chi connectivity index (χ4v) is 0.830. The number of aliphatic hydroxyl groups excluding tert-OH is 2. The van der Waals surface area contributed by atoms with Gasteiger partial charge in [-0.1, -0.05) is 23.8 Å². The van der Waals surface area contributed by atoms with Crippen LogP contribution in [-0.2, 0) is 0 Å². The predicted octanol–water partition coefficient (Wildman–Crippen LogP) is 0.401. The van der Waals surface area contributed by atoms with Crippen LogP contribution in [0.3, 0.4) is 0 Å². The first-order valence-electron chi connectivity index (χ1n) is 2.62. The number of rotatable bonds is 0. The maximum absolute atomic E-state index is 8.94. The Balaban J connectivity index is 2.73.